The van der Waals surface area contributed by atoms with Gasteiger partial charge in [-0.1, -0.05) is 27.5 Å². The highest BCUT2D eigenvalue weighted by molar-refractivity contribution is 9.10. The lowest BCUT2D eigenvalue weighted by molar-refractivity contribution is 0.958. The maximum Gasteiger partial charge on any atom is 0.208 e. The molecule has 0 bridgehead atoms. The quantitative estimate of drug-likeness (QED) is 0.502. The lowest BCUT2D eigenvalue weighted by atomic mass is 10.3. The van der Waals surface area contributed by atoms with Gasteiger partial charge >= 0.3 is 0 Å². The van der Waals surface area contributed by atoms with E-state index in [1.807, 2.05) is 42.1 Å². The van der Waals surface area contributed by atoms with Crippen LogP contribution < -0.4 is 5.32 Å². The van der Waals surface area contributed by atoms with E-state index in [1.54, 1.807) is 6.07 Å². The number of hydrogen-bond donors (Lipinski definition) is 2. The molecule has 7 heteroatoms. The highest BCUT2D eigenvalue weighted by atomic mass is 79.9. The Labute approximate surface area is 139 Å². The first kappa shape index (κ1) is 13.6. The molecule has 3 aromatic heterocycles. The van der Waals surface area contributed by atoms with Gasteiger partial charge in [0.1, 0.15) is 10.7 Å². The van der Waals surface area contributed by atoms with E-state index in [4.69, 9.17) is 11.6 Å². The number of halogens is 2. The van der Waals surface area contributed by atoms with Crippen LogP contribution in [0.5, 0.6) is 0 Å². The Morgan fingerprint density at radius 1 is 1.23 bits per heavy atom. The number of aromatic amines is 1. The summed E-state index contributed by atoms with van der Waals surface area (Å²) in [4.78, 5) is 12.2. The first-order valence-electron chi connectivity index (χ1n) is 6.64. The maximum absolute atomic E-state index is 5.98. The topological polar surface area (TPSA) is 58.5 Å². The number of benzene rings is 1. The molecule has 2 N–H and O–H groups in total. The Hall–Kier alpha value is -2.05. The number of nitrogens with one attached hydrogen (secondary N) is 2. The number of aromatic nitrogens is 4. The molecule has 0 fully saturated rings. The average molecular weight is 377 g/mol. The van der Waals surface area contributed by atoms with Gasteiger partial charge in [-0.15, -0.1) is 0 Å². The van der Waals surface area contributed by atoms with Crippen molar-refractivity contribution >= 4 is 61.2 Å². The number of hydrogen-bond acceptors (Lipinski definition) is 3. The summed E-state index contributed by atoms with van der Waals surface area (Å²) < 4.78 is 3.01. The van der Waals surface area contributed by atoms with Gasteiger partial charge in [-0.05, 0) is 30.3 Å². The molecule has 0 unspecified atom stereocenters. The van der Waals surface area contributed by atoms with Crippen molar-refractivity contribution in [3.8, 4) is 0 Å². The number of H-pyrrole nitrogens is 1. The van der Waals surface area contributed by atoms with Crippen LogP contribution >= 0.6 is 27.5 Å². The fourth-order valence-corrected chi connectivity index (χ4v) is 2.97. The zero-order chi connectivity index (χ0) is 15.3. The SMILES string of the molecule is Cn1c(Nc2c[nH]c3ccc(Cl)nc23)nc2cc(Br)ccc21. The summed E-state index contributed by atoms with van der Waals surface area (Å²) in [7, 11) is 1.97. The van der Waals surface area contributed by atoms with Crippen LogP contribution in [0.15, 0.2) is 41.0 Å². The summed E-state index contributed by atoms with van der Waals surface area (Å²) in [5.74, 6) is 0.746. The van der Waals surface area contributed by atoms with Crippen LogP contribution in [-0.4, -0.2) is 19.5 Å². The zero-order valence-electron chi connectivity index (χ0n) is 11.6. The summed E-state index contributed by atoms with van der Waals surface area (Å²) in [6, 6.07) is 9.69. The third-order valence-electron chi connectivity index (χ3n) is 3.58. The van der Waals surface area contributed by atoms with Gasteiger partial charge in [-0.2, -0.15) is 0 Å². The van der Waals surface area contributed by atoms with Crippen molar-refractivity contribution < 1.29 is 0 Å². The minimum atomic E-state index is 0.462. The minimum absolute atomic E-state index is 0.462. The van der Waals surface area contributed by atoms with Crippen LogP contribution in [0.1, 0.15) is 0 Å². The molecule has 0 radical (unpaired) electrons. The molecule has 22 heavy (non-hydrogen) atoms. The van der Waals surface area contributed by atoms with E-state index in [-0.39, 0.29) is 0 Å². The van der Waals surface area contributed by atoms with Crippen molar-refractivity contribution in [2.75, 3.05) is 5.32 Å². The van der Waals surface area contributed by atoms with E-state index >= 15 is 0 Å². The molecule has 0 aliphatic rings. The van der Waals surface area contributed by atoms with Crippen molar-refractivity contribution in [3.63, 3.8) is 0 Å². The van der Waals surface area contributed by atoms with Crippen LogP contribution in [0, 0.1) is 0 Å². The first-order chi connectivity index (χ1) is 10.6. The summed E-state index contributed by atoms with van der Waals surface area (Å²) in [6.45, 7) is 0. The molecule has 3 heterocycles. The van der Waals surface area contributed by atoms with Crippen LogP contribution in [0.4, 0.5) is 11.6 Å². The summed E-state index contributed by atoms with van der Waals surface area (Å²) in [5.41, 5.74) is 4.53. The van der Waals surface area contributed by atoms with E-state index in [2.05, 4.69) is 36.2 Å². The van der Waals surface area contributed by atoms with Gasteiger partial charge in [0, 0.05) is 17.7 Å². The first-order valence-corrected chi connectivity index (χ1v) is 7.81. The van der Waals surface area contributed by atoms with Crippen molar-refractivity contribution in [2.45, 2.75) is 0 Å². The lowest BCUT2D eigenvalue weighted by Gasteiger charge is -2.04. The molecule has 0 amide bonds. The van der Waals surface area contributed by atoms with Gasteiger partial charge in [0.2, 0.25) is 5.95 Å². The molecule has 1 aromatic carbocycles. The summed E-state index contributed by atoms with van der Waals surface area (Å²) in [6.07, 6.45) is 1.86. The summed E-state index contributed by atoms with van der Waals surface area (Å²) >= 11 is 9.45. The van der Waals surface area contributed by atoms with Gasteiger partial charge < -0.3 is 14.9 Å². The van der Waals surface area contributed by atoms with E-state index in [0.29, 0.717) is 5.15 Å². The van der Waals surface area contributed by atoms with Crippen LogP contribution in [0.2, 0.25) is 5.15 Å². The Morgan fingerprint density at radius 3 is 2.95 bits per heavy atom. The largest absolute Gasteiger partial charge is 0.358 e. The number of pyridine rings is 1. The van der Waals surface area contributed by atoms with Crippen molar-refractivity contribution in [1.82, 2.24) is 19.5 Å². The van der Waals surface area contributed by atoms with Crippen molar-refractivity contribution in [2.24, 2.45) is 7.05 Å². The number of nitrogens with zero attached hydrogens (tertiary/aromatic N) is 3. The molecule has 0 saturated heterocycles. The molecule has 4 rings (SSSR count). The third-order valence-corrected chi connectivity index (χ3v) is 4.28. The second-order valence-corrected chi connectivity index (χ2v) is 6.29. The van der Waals surface area contributed by atoms with Gasteiger partial charge in [0.15, 0.2) is 0 Å². The van der Waals surface area contributed by atoms with Crippen molar-refractivity contribution in [1.29, 1.82) is 0 Å². The summed E-state index contributed by atoms with van der Waals surface area (Å²) in [5, 5.41) is 3.78. The number of rotatable bonds is 2. The molecule has 5 nitrogen and oxygen atoms in total. The number of imidazole rings is 1. The molecule has 0 saturated carbocycles. The van der Waals surface area contributed by atoms with Crippen LogP contribution in [0.25, 0.3) is 22.1 Å². The maximum atomic E-state index is 5.98. The predicted molar refractivity (Wildman–Crippen MR) is 92.8 cm³/mol. The van der Waals surface area contributed by atoms with E-state index < -0.39 is 0 Å². The zero-order valence-corrected chi connectivity index (χ0v) is 13.9. The normalized spacial score (nSPS) is 11.4. The Morgan fingerprint density at radius 2 is 2.09 bits per heavy atom. The highest BCUT2D eigenvalue weighted by Gasteiger charge is 2.11. The minimum Gasteiger partial charge on any atom is -0.358 e. The number of anilines is 2. The molecule has 110 valence electrons. The number of aryl methyl sites for hydroxylation is 1. The fourth-order valence-electron chi connectivity index (χ4n) is 2.48. The Bertz CT molecular complexity index is 1000. The number of fused-ring (bicyclic) bond motifs is 2. The Kier molecular flexibility index (Phi) is 3.09. The molecule has 0 spiro atoms. The molecule has 4 aromatic rings. The monoisotopic (exact) mass is 375 g/mol. The molecule has 0 atom stereocenters. The van der Waals surface area contributed by atoms with E-state index in [0.717, 1.165) is 38.2 Å². The average Bonchev–Trinajstić information content (AvgIpc) is 3.01. The van der Waals surface area contributed by atoms with Gasteiger partial charge in [-0.25, -0.2) is 9.97 Å². The predicted octanol–water partition coefficient (Wildman–Crippen LogP) is 4.61. The second kappa shape index (κ2) is 5.00. The van der Waals surface area contributed by atoms with Crippen LogP contribution in [0.3, 0.4) is 0 Å². The molecular formula is C15H11BrClN5. The van der Waals surface area contributed by atoms with Crippen molar-refractivity contribution in [3.05, 3.63) is 46.2 Å². The smallest absolute Gasteiger partial charge is 0.208 e. The van der Waals surface area contributed by atoms with Gasteiger partial charge in [0.05, 0.1) is 22.2 Å². The highest BCUT2D eigenvalue weighted by Crippen LogP contribution is 2.28. The van der Waals surface area contributed by atoms with Crippen LogP contribution in [-0.2, 0) is 7.05 Å². The molecule has 0 aliphatic heterocycles. The Balaban J connectivity index is 1.82. The standard InChI is InChI=1S/C15H11BrClN5/c1-22-12-4-2-8(16)6-10(12)19-15(22)20-11-7-18-9-3-5-13(17)21-14(9)11/h2-7,18H,1H3,(H,19,20). The van der Waals surface area contributed by atoms with Gasteiger partial charge in [0.25, 0.3) is 0 Å². The third kappa shape index (κ3) is 2.15. The fraction of sp³-hybridized carbons (Fsp3) is 0.0667. The molecular weight excluding hydrogens is 366 g/mol. The lowest BCUT2D eigenvalue weighted by Crippen LogP contribution is -1.98. The van der Waals surface area contributed by atoms with E-state index in [9.17, 15) is 0 Å². The van der Waals surface area contributed by atoms with Gasteiger partial charge in [-0.3, -0.25) is 0 Å². The second-order valence-electron chi connectivity index (χ2n) is 4.98. The molecule has 0 aliphatic carbocycles. The van der Waals surface area contributed by atoms with E-state index in [1.165, 1.54) is 0 Å².